The van der Waals surface area contributed by atoms with Crippen molar-refractivity contribution in [2.45, 2.75) is 33.2 Å². The third kappa shape index (κ3) is 5.22. The molecule has 10 heteroatoms. The van der Waals surface area contributed by atoms with Crippen molar-refractivity contribution in [3.63, 3.8) is 0 Å². The van der Waals surface area contributed by atoms with Gasteiger partial charge in [-0.15, -0.1) is 0 Å². The molecule has 7 nitrogen and oxygen atoms in total. The topological polar surface area (TPSA) is 93.4 Å². The van der Waals surface area contributed by atoms with Crippen LogP contribution in [-0.4, -0.2) is 26.8 Å². The zero-order chi connectivity index (χ0) is 24.4. The largest absolute Gasteiger partial charge is 0.478 e. The number of hydrogen-bond donors (Lipinski definition) is 2. The number of rotatable bonds is 7. The lowest BCUT2D eigenvalue weighted by atomic mass is 10.0. The summed E-state index contributed by atoms with van der Waals surface area (Å²) in [6, 6.07) is 9.16. The summed E-state index contributed by atoms with van der Waals surface area (Å²) in [5.74, 6) is -1.62. The number of nitrogens with zero attached hydrogens (tertiary/aromatic N) is 2. The third-order valence-corrected chi connectivity index (χ3v) is 6.00. The van der Waals surface area contributed by atoms with Gasteiger partial charge in [-0.1, -0.05) is 34.1 Å². The first-order valence-electron chi connectivity index (χ1n) is 9.93. The zero-order valence-corrected chi connectivity index (χ0v) is 19.9. The first kappa shape index (κ1) is 24.4. The van der Waals surface area contributed by atoms with Crippen LogP contribution in [0.25, 0.3) is 0 Å². The summed E-state index contributed by atoms with van der Waals surface area (Å²) in [5.41, 5.74) is 1.18. The average Bonchev–Trinajstić information content (AvgIpc) is 3.06. The van der Waals surface area contributed by atoms with Gasteiger partial charge in [0.25, 0.3) is 12.3 Å². The van der Waals surface area contributed by atoms with Crippen molar-refractivity contribution in [3.8, 4) is 11.6 Å². The summed E-state index contributed by atoms with van der Waals surface area (Å²) >= 11 is 3.39. The second kappa shape index (κ2) is 9.70. The van der Waals surface area contributed by atoms with E-state index in [0.717, 1.165) is 14.7 Å². The molecule has 2 aromatic carbocycles. The smallest absolute Gasteiger partial charge is 0.335 e. The second-order valence-electron chi connectivity index (χ2n) is 7.58. The third-order valence-electron chi connectivity index (χ3n) is 5.14. The number of carboxylic acids is 1. The molecule has 1 atom stereocenters. The van der Waals surface area contributed by atoms with E-state index in [0.29, 0.717) is 16.9 Å². The van der Waals surface area contributed by atoms with Crippen molar-refractivity contribution in [3.05, 3.63) is 74.4 Å². The van der Waals surface area contributed by atoms with Gasteiger partial charge in [-0.3, -0.25) is 4.79 Å². The summed E-state index contributed by atoms with van der Waals surface area (Å²) < 4.78 is 35.0. The predicted molar refractivity (Wildman–Crippen MR) is 121 cm³/mol. The molecule has 174 valence electrons. The van der Waals surface area contributed by atoms with Gasteiger partial charge in [-0.25, -0.2) is 18.3 Å². The maximum Gasteiger partial charge on any atom is 0.335 e. The Kier molecular flexibility index (Phi) is 7.16. The molecular formula is C23H22BrF2N3O4. The minimum Gasteiger partial charge on any atom is -0.478 e. The molecule has 1 unspecified atom stereocenters. The Labute approximate surface area is 197 Å². The summed E-state index contributed by atoms with van der Waals surface area (Å²) in [6.07, 6.45) is -2.99. The van der Waals surface area contributed by atoms with Gasteiger partial charge < -0.3 is 15.2 Å². The van der Waals surface area contributed by atoms with Gasteiger partial charge in [0.15, 0.2) is 0 Å². The van der Waals surface area contributed by atoms with Crippen LogP contribution in [0.1, 0.15) is 62.5 Å². The minimum absolute atomic E-state index is 0.122. The monoisotopic (exact) mass is 521 g/mol. The molecule has 0 spiro atoms. The highest BCUT2D eigenvalue weighted by Gasteiger charge is 2.30. The van der Waals surface area contributed by atoms with E-state index in [9.17, 15) is 23.5 Å². The van der Waals surface area contributed by atoms with Gasteiger partial charge in [0.05, 0.1) is 11.6 Å². The van der Waals surface area contributed by atoms with Crippen LogP contribution in [0.3, 0.4) is 0 Å². The van der Waals surface area contributed by atoms with Crippen molar-refractivity contribution in [1.29, 1.82) is 0 Å². The number of aromatic carboxylic acids is 1. The molecule has 0 saturated carbocycles. The number of halogens is 3. The molecule has 0 fully saturated rings. The Morgan fingerprint density at radius 1 is 1.15 bits per heavy atom. The van der Waals surface area contributed by atoms with Gasteiger partial charge in [0.1, 0.15) is 17.0 Å². The van der Waals surface area contributed by atoms with Crippen molar-refractivity contribution in [1.82, 2.24) is 15.1 Å². The van der Waals surface area contributed by atoms with Crippen molar-refractivity contribution >= 4 is 27.8 Å². The number of carboxylic acid groups (broad SMARTS) is 1. The van der Waals surface area contributed by atoms with Crippen molar-refractivity contribution in [2.24, 2.45) is 7.05 Å². The van der Waals surface area contributed by atoms with Crippen LogP contribution in [0.5, 0.6) is 11.6 Å². The van der Waals surface area contributed by atoms with Gasteiger partial charge in [0.2, 0.25) is 5.88 Å². The molecule has 1 heterocycles. The second-order valence-corrected chi connectivity index (χ2v) is 8.43. The normalized spacial score (nSPS) is 12.0. The minimum atomic E-state index is -2.99. The number of ether oxygens (including phenoxy) is 1. The number of aromatic nitrogens is 2. The molecular weight excluding hydrogens is 500 g/mol. The number of aryl methyl sites for hydroxylation is 3. The highest BCUT2D eigenvalue weighted by Crippen LogP contribution is 2.34. The molecule has 0 radical (unpaired) electrons. The average molecular weight is 522 g/mol. The fourth-order valence-corrected chi connectivity index (χ4v) is 3.67. The molecule has 1 aromatic heterocycles. The van der Waals surface area contributed by atoms with Crippen LogP contribution in [0, 0.1) is 13.8 Å². The molecule has 0 aliphatic heterocycles. The van der Waals surface area contributed by atoms with Crippen LogP contribution >= 0.6 is 15.9 Å². The number of nitrogens with one attached hydrogen (secondary N) is 1. The molecule has 0 aliphatic carbocycles. The number of benzene rings is 2. The Bertz CT molecular complexity index is 1230. The summed E-state index contributed by atoms with van der Waals surface area (Å²) in [6.45, 7) is 5.20. The Morgan fingerprint density at radius 2 is 1.85 bits per heavy atom. The molecule has 2 N–H and O–H groups in total. The molecule has 3 aromatic rings. The Hall–Kier alpha value is -3.27. The molecule has 0 saturated heterocycles. The van der Waals surface area contributed by atoms with E-state index in [-0.39, 0.29) is 17.0 Å². The maximum absolute atomic E-state index is 13.7. The van der Waals surface area contributed by atoms with Gasteiger partial charge in [-0.2, -0.15) is 5.10 Å². The maximum atomic E-state index is 13.7. The lowest BCUT2D eigenvalue weighted by molar-refractivity contribution is 0.0695. The lowest BCUT2D eigenvalue weighted by Crippen LogP contribution is -2.27. The standard InChI is InChI=1S/C23H22BrF2N3O4/c1-11-5-7-15(10-17(11)24)33-22-18(19(20(25)26)28-29(22)4)21(30)27-13(3)14-6-8-16(23(31)32)12(2)9-14/h5-10,13,20H,1-4H3,(H,27,30)(H,31,32). The predicted octanol–water partition coefficient (Wildman–Crippen LogP) is 5.72. The number of carbonyl (C=O) groups is 2. The van der Waals surface area contributed by atoms with E-state index >= 15 is 0 Å². The van der Waals surface area contributed by atoms with Gasteiger partial charge >= 0.3 is 5.97 Å². The molecule has 0 aliphatic rings. The highest BCUT2D eigenvalue weighted by molar-refractivity contribution is 9.10. The summed E-state index contributed by atoms with van der Waals surface area (Å²) in [7, 11) is 1.42. The van der Waals surface area contributed by atoms with Crippen LogP contribution in [0.4, 0.5) is 8.78 Å². The molecule has 1 amide bonds. The first-order valence-corrected chi connectivity index (χ1v) is 10.7. The number of amides is 1. The van der Waals surface area contributed by atoms with E-state index in [1.165, 1.54) is 13.1 Å². The van der Waals surface area contributed by atoms with Crippen molar-refractivity contribution in [2.75, 3.05) is 0 Å². The van der Waals surface area contributed by atoms with Gasteiger partial charge in [0, 0.05) is 11.5 Å². The van der Waals surface area contributed by atoms with Gasteiger partial charge in [-0.05, 0) is 55.7 Å². The number of alkyl halides is 2. The highest BCUT2D eigenvalue weighted by atomic mass is 79.9. The van der Waals surface area contributed by atoms with E-state index in [1.807, 2.05) is 6.92 Å². The first-order chi connectivity index (χ1) is 15.5. The van der Waals surface area contributed by atoms with E-state index in [1.54, 1.807) is 44.2 Å². The quantitative estimate of drug-likeness (QED) is 0.414. The van der Waals surface area contributed by atoms with Crippen molar-refractivity contribution < 1.29 is 28.2 Å². The summed E-state index contributed by atoms with van der Waals surface area (Å²) in [5, 5.41) is 15.7. The fraction of sp³-hybridized carbons (Fsp3) is 0.261. The number of hydrogen-bond acceptors (Lipinski definition) is 4. The van der Waals surface area contributed by atoms with E-state index in [4.69, 9.17) is 4.74 Å². The van der Waals surface area contributed by atoms with E-state index < -0.39 is 30.0 Å². The van der Waals surface area contributed by atoms with E-state index in [2.05, 4.69) is 26.3 Å². The fourth-order valence-electron chi connectivity index (χ4n) is 3.31. The molecule has 0 bridgehead atoms. The molecule has 33 heavy (non-hydrogen) atoms. The zero-order valence-electron chi connectivity index (χ0n) is 18.3. The molecule has 3 rings (SSSR count). The Morgan fingerprint density at radius 3 is 2.42 bits per heavy atom. The number of carbonyl (C=O) groups excluding carboxylic acids is 1. The van der Waals surface area contributed by atoms with Crippen LogP contribution < -0.4 is 10.1 Å². The summed E-state index contributed by atoms with van der Waals surface area (Å²) in [4.78, 5) is 24.3. The van der Waals surface area contributed by atoms with Crippen LogP contribution in [0.2, 0.25) is 0 Å². The lowest BCUT2D eigenvalue weighted by Gasteiger charge is -2.17. The van der Waals surface area contributed by atoms with Crippen LogP contribution in [0.15, 0.2) is 40.9 Å². The Balaban J connectivity index is 1.93. The van der Waals surface area contributed by atoms with Crippen LogP contribution in [-0.2, 0) is 7.05 Å². The SMILES string of the molecule is Cc1ccc(Oc2c(C(=O)NC(C)c3ccc(C(=O)O)c(C)c3)c(C(F)F)nn2C)cc1Br.